The van der Waals surface area contributed by atoms with E-state index in [0.29, 0.717) is 17.5 Å². The Bertz CT molecular complexity index is 252. The van der Waals surface area contributed by atoms with E-state index in [1.807, 2.05) is 0 Å². The van der Waals surface area contributed by atoms with Gasteiger partial charge in [-0.3, -0.25) is 9.80 Å². The summed E-state index contributed by atoms with van der Waals surface area (Å²) in [6.45, 7) is 7.40. The van der Waals surface area contributed by atoms with Crippen molar-refractivity contribution in [3.8, 4) is 0 Å². The molecule has 0 aromatic rings. The van der Waals surface area contributed by atoms with Crippen LogP contribution in [0.25, 0.3) is 0 Å². The monoisotopic (exact) mass is 274 g/mol. The van der Waals surface area contributed by atoms with Crippen LogP contribution < -0.4 is 0 Å². The molecule has 3 nitrogen and oxygen atoms in total. The summed E-state index contributed by atoms with van der Waals surface area (Å²) in [5.74, 6) is 0. The highest BCUT2D eigenvalue weighted by molar-refractivity contribution is 6.21. The van der Waals surface area contributed by atoms with Crippen molar-refractivity contribution in [1.29, 1.82) is 0 Å². The molecular formula is C14H27ClN2O. The Morgan fingerprint density at radius 1 is 1.33 bits per heavy atom. The lowest BCUT2D eigenvalue weighted by Gasteiger charge is -2.39. The molecule has 2 rings (SSSR count). The number of morpholine rings is 1. The highest BCUT2D eigenvalue weighted by Gasteiger charge is 2.29. The molecule has 1 saturated carbocycles. The van der Waals surface area contributed by atoms with Gasteiger partial charge < -0.3 is 4.74 Å². The van der Waals surface area contributed by atoms with E-state index in [9.17, 15) is 0 Å². The van der Waals surface area contributed by atoms with Crippen LogP contribution >= 0.6 is 11.6 Å². The van der Waals surface area contributed by atoms with Gasteiger partial charge in [-0.05, 0) is 26.4 Å². The quantitative estimate of drug-likeness (QED) is 0.731. The third kappa shape index (κ3) is 3.83. The van der Waals surface area contributed by atoms with Crippen LogP contribution in [0, 0.1) is 0 Å². The molecule has 4 heteroatoms. The van der Waals surface area contributed by atoms with Crippen molar-refractivity contribution in [2.75, 3.05) is 39.8 Å². The van der Waals surface area contributed by atoms with Gasteiger partial charge in [0.15, 0.2) is 0 Å². The van der Waals surface area contributed by atoms with Gasteiger partial charge in [-0.15, -0.1) is 11.6 Å². The standard InChI is InChI=1S/C14H27ClN2O/c1-3-17-8-9-18-12(11-17)10-16(2)14-7-5-4-6-13(14)15/h12-14H,3-11H2,1-2H3. The van der Waals surface area contributed by atoms with Gasteiger partial charge >= 0.3 is 0 Å². The third-order valence-electron chi connectivity index (χ3n) is 4.38. The molecule has 0 aromatic carbocycles. The molecular weight excluding hydrogens is 248 g/mol. The van der Waals surface area contributed by atoms with Gasteiger partial charge in [0.1, 0.15) is 0 Å². The SMILES string of the molecule is CCN1CCOC(CN(C)C2CCCCC2Cl)C1. The van der Waals surface area contributed by atoms with Crippen molar-refractivity contribution in [1.82, 2.24) is 9.80 Å². The second kappa shape index (κ2) is 7.09. The second-order valence-electron chi connectivity index (χ2n) is 5.69. The van der Waals surface area contributed by atoms with Crippen molar-refractivity contribution in [2.24, 2.45) is 0 Å². The Morgan fingerprint density at radius 3 is 2.83 bits per heavy atom. The molecule has 1 saturated heterocycles. The number of rotatable bonds is 4. The summed E-state index contributed by atoms with van der Waals surface area (Å²) in [5.41, 5.74) is 0. The number of alkyl halides is 1. The topological polar surface area (TPSA) is 15.7 Å². The summed E-state index contributed by atoms with van der Waals surface area (Å²) < 4.78 is 5.88. The predicted octanol–water partition coefficient (Wildman–Crippen LogP) is 2.19. The van der Waals surface area contributed by atoms with Gasteiger partial charge in [-0.2, -0.15) is 0 Å². The maximum atomic E-state index is 6.46. The number of halogens is 1. The fourth-order valence-corrected chi connectivity index (χ4v) is 3.67. The maximum absolute atomic E-state index is 6.46. The van der Waals surface area contributed by atoms with Crippen molar-refractivity contribution in [3.63, 3.8) is 0 Å². The third-order valence-corrected chi connectivity index (χ3v) is 4.88. The zero-order valence-corrected chi connectivity index (χ0v) is 12.5. The summed E-state index contributed by atoms with van der Waals surface area (Å²) in [4.78, 5) is 4.90. The van der Waals surface area contributed by atoms with Crippen LogP contribution in [-0.2, 0) is 4.74 Å². The molecule has 3 unspecified atom stereocenters. The summed E-state index contributed by atoms with van der Waals surface area (Å²) >= 11 is 6.46. The van der Waals surface area contributed by atoms with Crippen molar-refractivity contribution in [2.45, 2.75) is 50.1 Å². The number of hydrogen-bond acceptors (Lipinski definition) is 3. The Balaban J connectivity index is 1.80. The number of likely N-dealkylation sites (N-methyl/N-ethyl adjacent to an activating group) is 2. The summed E-state index contributed by atoms with van der Waals surface area (Å²) in [5, 5.41) is 0.328. The molecule has 2 fully saturated rings. The summed E-state index contributed by atoms with van der Waals surface area (Å²) in [7, 11) is 2.21. The molecule has 0 radical (unpaired) electrons. The molecule has 0 aromatic heterocycles. The number of hydrogen-bond donors (Lipinski definition) is 0. The lowest BCUT2D eigenvalue weighted by molar-refractivity contribution is -0.0448. The Morgan fingerprint density at radius 2 is 2.11 bits per heavy atom. The molecule has 0 N–H and O–H groups in total. The molecule has 106 valence electrons. The molecule has 1 aliphatic carbocycles. The molecule has 2 aliphatic rings. The maximum Gasteiger partial charge on any atom is 0.0829 e. The largest absolute Gasteiger partial charge is 0.374 e. The minimum Gasteiger partial charge on any atom is -0.374 e. The van der Waals surface area contributed by atoms with Crippen LogP contribution in [0.3, 0.4) is 0 Å². The number of nitrogens with zero attached hydrogens (tertiary/aromatic N) is 2. The van der Waals surface area contributed by atoms with E-state index in [4.69, 9.17) is 16.3 Å². The van der Waals surface area contributed by atoms with Crippen molar-refractivity contribution < 1.29 is 4.74 Å². The zero-order valence-electron chi connectivity index (χ0n) is 11.8. The van der Waals surface area contributed by atoms with Crippen molar-refractivity contribution >= 4 is 11.6 Å². The molecule has 0 bridgehead atoms. The van der Waals surface area contributed by atoms with Crippen LogP contribution in [0.4, 0.5) is 0 Å². The first-order chi connectivity index (χ1) is 8.70. The minimum atomic E-state index is 0.328. The van der Waals surface area contributed by atoms with Crippen LogP contribution in [0.1, 0.15) is 32.6 Å². The van der Waals surface area contributed by atoms with E-state index in [1.54, 1.807) is 0 Å². The van der Waals surface area contributed by atoms with Crippen LogP contribution in [0.15, 0.2) is 0 Å². The first-order valence-corrected chi connectivity index (χ1v) is 7.82. The molecule has 0 spiro atoms. The molecule has 3 atom stereocenters. The Hall–Kier alpha value is 0.170. The first kappa shape index (κ1) is 14.6. The van der Waals surface area contributed by atoms with Crippen LogP contribution in [0.5, 0.6) is 0 Å². The Labute approximate surface area is 116 Å². The van der Waals surface area contributed by atoms with Gasteiger partial charge in [0.2, 0.25) is 0 Å². The van der Waals surface area contributed by atoms with E-state index in [0.717, 1.165) is 32.8 Å². The van der Waals surface area contributed by atoms with Gasteiger partial charge in [0, 0.05) is 31.1 Å². The van der Waals surface area contributed by atoms with Gasteiger partial charge in [0.05, 0.1) is 12.7 Å². The van der Waals surface area contributed by atoms with E-state index in [2.05, 4.69) is 23.8 Å². The highest BCUT2D eigenvalue weighted by Crippen LogP contribution is 2.26. The van der Waals surface area contributed by atoms with E-state index in [-0.39, 0.29) is 0 Å². The van der Waals surface area contributed by atoms with Gasteiger partial charge in [-0.1, -0.05) is 19.8 Å². The highest BCUT2D eigenvalue weighted by atomic mass is 35.5. The normalized spacial score (nSPS) is 35.0. The first-order valence-electron chi connectivity index (χ1n) is 7.39. The molecule has 1 aliphatic heterocycles. The molecule has 1 heterocycles. The summed E-state index contributed by atoms with van der Waals surface area (Å²) in [6.07, 6.45) is 5.39. The minimum absolute atomic E-state index is 0.328. The molecule has 18 heavy (non-hydrogen) atoms. The average molecular weight is 275 g/mol. The summed E-state index contributed by atoms with van der Waals surface area (Å²) in [6, 6.07) is 0.543. The smallest absolute Gasteiger partial charge is 0.0829 e. The lowest BCUT2D eigenvalue weighted by Crippen LogP contribution is -2.50. The Kier molecular flexibility index (Phi) is 5.74. The van der Waals surface area contributed by atoms with E-state index < -0.39 is 0 Å². The van der Waals surface area contributed by atoms with E-state index in [1.165, 1.54) is 25.7 Å². The average Bonchev–Trinajstić information content (AvgIpc) is 2.39. The fraction of sp³-hybridized carbons (Fsp3) is 1.00. The van der Waals surface area contributed by atoms with Crippen LogP contribution in [0.2, 0.25) is 0 Å². The second-order valence-corrected chi connectivity index (χ2v) is 6.25. The fourth-order valence-electron chi connectivity index (χ4n) is 3.20. The predicted molar refractivity (Wildman–Crippen MR) is 76.4 cm³/mol. The lowest BCUT2D eigenvalue weighted by atomic mass is 9.93. The van der Waals surface area contributed by atoms with E-state index >= 15 is 0 Å². The van der Waals surface area contributed by atoms with Gasteiger partial charge in [0.25, 0.3) is 0 Å². The van der Waals surface area contributed by atoms with Gasteiger partial charge in [-0.25, -0.2) is 0 Å². The molecule has 0 amide bonds. The zero-order chi connectivity index (χ0) is 13.0. The number of ether oxygens (including phenoxy) is 1. The van der Waals surface area contributed by atoms with Crippen LogP contribution in [-0.4, -0.2) is 67.2 Å². The van der Waals surface area contributed by atoms with Crippen molar-refractivity contribution in [3.05, 3.63) is 0 Å².